The molecular weight excluding hydrogens is 487 g/mol. The van der Waals surface area contributed by atoms with Crippen molar-refractivity contribution in [2.75, 3.05) is 6.61 Å². The molecule has 0 radical (unpaired) electrons. The van der Waals surface area contributed by atoms with Crippen LogP contribution in [-0.4, -0.2) is 11.7 Å². The van der Waals surface area contributed by atoms with Crippen LogP contribution in [0.2, 0.25) is 0 Å². The van der Waals surface area contributed by atoms with Gasteiger partial charge in [0.25, 0.3) is 0 Å². The maximum absolute atomic E-state index is 15.1. The highest BCUT2D eigenvalue weighted by molar-refractivity contribution is 5.65. The first-order valence-corrected chi connectivity index (χ1v) is 12.8. The van der Waals surface area contributed by atoms with Gasteiger partial charge in [-0.25, -0.2) is 22.0 Å². The standard InChI is InChI=1S/C30H29F5O2/c1-16(36)21-10-8-19(27(32)28(21)33)7-4-17-2-5-18(6-3-17)22-11-9-20(14-25(22)31)23-12-13-24(26-15-37-26)30(35)29(23)34/h8-14,16-18,26,36H,2-7,15H2,1H3. The van der Waals surface area contributed by atoms with Crippen molar-refractivity contribution in [1.29, 1.82) is 0 Å². The maximum Gasteiger partial charge on any atom is 0.167 e. The molecule has 1 aliphatic heterocycles. The zero-order valence-electron chi connectivity index (χ0n) is 20.5. The summed E-state index contributed by atoms with van der Waals surface area (Å²) in [6.07, 6.45) is 2.82. The van der Waals surface area contributed by atoms with E-state index in [4.69, 9.17) is 4.74 Å². The maximum atomic E-state index is 15.1. The van der Waals surface area contributed by atoms with Crippen LogP contribution in [0.3, 0.4) is 0 Å². The Labute approximate surface area is 213 Å². The van der Waals surface area contributed by atoms with E-state index in [1.165, 1.54) is 37.3 Å². The van der Waals surface area contributed by atoms with Gasteiger partial charge in [0.05, 0.1) is 12.7 Å². The van der Waals surface area contributed by atoms with Crippen molar-refractivity contribution in [3.05, 3.63) is 93.8 Å². The zero-order chi connectivity index (χ0) is 26.3. The van der Waals surface area contributed by atoms with Crippen molar-refractivity contribution in [1.82, 2.24) is 0 Å². The molecule has 2 fully saturated rings. The first-order valence-electron chi connectivity index (χ1n) is 12.8. The van der Waals surface area contributed by atoms with Crippen molar-refractivity contribution < 1.29 is 31.8 Å². The molecule has 37 heavy (non-hydrogen) atoms. The number of hydrogen-bond acceptors (Lipinski definition) is 2. The molecule has 7 heteroatoms. The molecule has 0 amide bonds. The highest BCUT2D eigenvalue weighted by Gasteiger charge is 2.31. The van der Waals surface area contributed by atoms with E-state index in [9.17, 15) is 22.7 Å². The Bertz CT molecular complexity index is 1290. The van der Waals surface area contributed by atoms with Gasteiger partial charge >= 0.3 is 0 Å². The topological polar surface area (TPSA) is 32.8 Å². The predicted molar refractivity (Wildman–Crippen MR) is 130 cm³/mol. The van der Waals surface area contributed by atoms with Gasteiger partial charge in [0.2, 0.25) is 0 Å². The number of rotatable bonds is 7. The molecule has 0 bridgehead atoms. The average molecular weight is 517 g/mol. The number of hydrogen-bond donors (Lipinski definition) is 1. The Kier molecular flexibility index (Phi) is 7.37. The minimum Gasteiger partial charge on any atom is -0.389 e. The summed E-state index contributed by atoms with van der Waals surface area (Å²) in [6, 6.07) is 10.5. The van der Waals surface area contributed by atoms with Crippen LogP contribution in [0.1, 0.15) is 79.4 Å². The second-order valence-corrected chi connectivity index (χ2v) is 10.3. The Balaban J connectivity index is 1.21. The van der Waals surface area contributed by atoms with Gasteiger partial charge < -0.3 is 9.84 Å². The van der Waals surface area contributed by atoms with Crippen molar-refractivity contribution in [2.45, 2.75) is 63.6 Å². The lowest BCUT2D eigenvalue weighted by atomic mass is 9.76. The van der Waals surface area contributed by atoms with Crippen molar-refractivity contribution in [2.24, 2.45) is 5.92 Å². The number of halogens is 5. The Morgan fingerprint density at radius 3 is 2.19 bits per heavy atom. The van der Waals surface area contributed by atoms with Gasteiger partial charge in [0.15, 0.2) is 23.3 Å². The lowest BCUT2D eigenvalue weighted by Crippen LogP contribution is -2.15. The van der Waals surface area contributed by atoms with Crippen LogP contribution >= 0.6 is 0 Å². The Morgan fingerprint density at radius 1 is 0.838 bits per heavy atom. The van der Waals surface area contributed by atoms with Crippen LogP contribution in [0.4, 0.5) is 22.0 Å². The normalized spacial score (nSPS) is 22.2. The van der Waals surface area contributed by atoms with E-state index in [1.54, 1.807) is 12.1 Å². The van der Waals surface area contributed by atoms with Crippen LogP contribution < -0.4 is 0 Å². The second-order valence-electron chi connectivity index (χ2n) is 10.3. The second kappa shape index (κ2) is 10.5. The summed E-state index contributed by atoms with van der Waals surface area (Å²) in [6.45, 7) is 1.76. The first kappa shape index (κ1) is 25.9. The number of epoxide rings is 1. The predicted octanol–water partition coefficient (Wildman–Crippen LogP) is 8.08. The van der Waals surface area contributed by atoms with Gasteiger partial charge in [-0.05, 0) is 80.0 Å². The van der Waals surface area contributed by atoms with Crippen molar-refractivity contribution >= 4 is 0 Å². The molecule has 1 N–H and O–H groups in total. The van der Waals surface area contributed by atoms with E-state index >= 15 is 4.39 Å². The summed E-state index contributed by atoms with van der Waals surface area (Å²) < 4.78 is 77.7. The van der Waals surface area contributed by atoms with E-state index in [-0.39, 0.29) is 28.2 Å². The molecule has 3 aromatic rings. The third-order valence-electron chi connectivity index (χ3n) is 7.85. The van der Waals surface area contributed by atoms with Gasteiger partial charge in [-0.2, -0.15) is 0 Å². The number of ether oxygens (including phenoxy) is 1. The lowest BCUT2D eigenvalue weighted by Gasteiger charge is -2.29. The zero-order valence-corrected chi connectivity index (χ0v) is 20.5. The highest BCUT2D eigenvalue weighted by Crippen LogP contribution is 2.40. The van der Waals surface area contributed by atoms with Crippen LogP contribution in [-0.2, 0) is 11.2 Å². The average Bonchev–Trinajstić information content (AvgIpc) is 3.72. The SMILES string of the molecule is CC(O)c1ccc(CCC2CCC(c3ccc(-c4ccc(C5CO5)c(F)c4F)cc3F)CC2)c(F)c1F. The van der Waals surface area contributed by atoms with Crippen molar-refractivity contribution in [3.63, 3.8) is 0 Å². The Hall–Kier alpha value is -2.77. The molecule has 5 rings (SSSR count). The molecule has 1 heterocycles. The van der Waals surface area contributed by atoms with Gasteiger partial charge in [-0.1, -0.05) is 36.4 Å². The number of aliphatic hydroxyl groups excluding tert-OH is 1. The van der Waals surface area contributed by atoms with Crippen LogP contribution in [0, 0.1) is 35.0 Å². The number of aliphatic hydroxyl groups is 1. The Morgan fingerprint density at radius 2 is 1.54 bits per heavy atom. The fraction of sp³-hybridized carbons (Fsp3) is 0.400. The van der Waals surface area contributed by atoms with Gasteiger partial charge in [-0.15, -0.1) is 0 Å². The molecule has 2 atom stereocenters. The lowest BCUT2D eigenvalue weighted by molar-refractivity contribution is 0.192. The molecule has 1 aliphatic carbocycles. The smallest absolute Gasteiger partial charge is 0.167 e. The molecule has 196 valence electrons. The van der Waals surface area contributed by atoms with Crippen LogP contribution in [0.25, 0.3) is 11.1 Å². The number of aryl methyl sites for hydroxylation is 1. The molecule has 1 saturated carbocycles. The summed E-state index contributed by atoms with van der Waals surface area (Å²) in [5.41, 5.74) is 1.29. The molecule has 3 aromatic carbocycles. The first-order chi connectivity index (χ1) is 17.7. The van der Waals surface area contributed by atoms with E-state index < -0.39 is 41.3 Å². The third-order valence-corrected chi connectivity index (χ3v) is 7.85. The fourth-order valence-corrected chi connectivity index (χ4v) is 5.53. The third kappa shape index (κ3) is 5.30. The summed E-state index contributed by atoms with van der Waals surface area (Å²) in [5, 5.41) is 9.55. The van der Waals surface area contributed by atoms with Gasteiger partial charge in [0.1, 0.15) is 11.9 Å². The minimum atomic E-state index is -1.07. The largest absolute Gasteiger partial charge is 0.389 e. The summed E-state index contributed by atoms with van der Waals surface area (Å²) in [5.74, 6) is -3.95. The van der Waals surface area contributed by atoms with E-state index in [0.717, 1.165) is 25.7 Å². The molecule has 0 aromatic heterocycles. The monoisotopic (exact) mass is 516 g/mol. The van der Waals surface area contributed by atoms with Crippen LogP contribution in [0.15, 0.2) is 42.5 Å². The minimum absolute atomic E-state index is 0.0146. The summed E-state index contributed by atoms with van der Waals surface area (Å²) >= 11 is 0. The fourth-order valence-electron chi connectivity index (χ4n) is 5.53. The van der Waals surface area contributed by atoms with Gasteiger partial charge in [0, 0.05) is 16.7 Å². The molecular formula is C30H29F5O2. The van der Waals surface area contributed by atoms with Crippen molar-refractivity contribution in [3.8, 4) is 11.1 Å². The highest BCUT2D eigenvalue weighted by atomic mass is 19.2. The summed E-state index contributed by atoms with van der Waals surface area (Å²) in [7, 11) is 0. The summed E-state index contributed by atoms with van der Waals surface area (Å²) in [4.78, 5) is 0. The van der Waals surface area contributed by atoms with Crippen LogP contribution in [0.5, 0.6) is 0 Å². The van der Waals surface area contributed by atoms with E-state index in [1.807, 2.05) is 0 Å². The quantitative estimate of drug-likeness (QED) is 0.254. The molecule has 1 saturated heterocycles. The van der Waals surface area contributed by atoms with E-state index in [0.29, 0.717) is 36.5 Å². The molecule has 2 unspecified atom stereocenters. The van der Waals surface area contributed by atoms with Gasteiger partial charge in [-0.3, -0.25) is 0 Å². The molecule has 0 spiro atoms. The number of benzene rings is 3. The molecule has 2 nitrogen and oxygen atoms in total. The van der Waals surface area contributed by atoms with E-state index in [2.05, 4.69) is 0 Å². The molecule has 2 aliphatic rings.